The van der Waals surface area contributed by atoms with Gasteiger partial charge in [-0.25, -0.2) is 0 Å². The monoisotopic (exact) mass is 275 g/mol. The van der Waals surface area contributed by atoms with E-state index in [1.807, 2.05) is 18.2 Å². The summed E-state index contributed by atoms with van der Waals surface area (Å²) in [6.07, 6.45) is 2.46. The topological polar surface area (TPSA) is 38.8 Å². The normalized spacial score (nSPS) is 22.6. The Labute approximate surface area is 119 Å². The zero-order valence-corrected chi connectivity index (χ0v) is 11.9. The van der Waals surface area contributed by atoms with Crippen LogP contribution >= 0.6 is 0 Å². The average Bonchev–Trinajstić information content (AvgIpc) is 2.47. The summed E-state index contributed by atoms with van der Waals surface area (Å²) in [5.41, 5.74) is 0.715. The molecule has 1 aromatic rings. The van der Waals surface area contributed by atoms with Gasteiger partial charge in [-0.3, -0.25) is 9.69 Å². The molecule has 0 spiro atoms. The van der Waals surface area contributed by atoms with Crippen molar-refractivity contribution in [2.45, 2.75) is 19.8 Å². The standard InChI is InChI=1S/C16H21NO3/c1-12-3-2-6-17(10-12)11-14(18)13-4-5-15-16(9-13)20-8-7-19-15/h4-5,9,12H,2-3,6-8,10-11H2,1H3. The maximum atomic E-state index is 12.4. The minimum absolute atomic E-state index is 0.163. The van der Waals surface area contributed by atoms with Gasteiger partial charge in [0.1, 0.15) is 13.2 Å². The minimum atomic E-state index is 0.163. The third-order valence-electron chi connectivity index (χ3n) is 3.97. The summed E-state index contributed by atoms with van der Waals surface area (Å²) < 4.78 is 11.0. The summed E-state index contributed by atoms with van der Waals surface area (Å²) in [5, 5.41) is 0. The Hall–Kier alpha value is -1.55. The van der Waals surface area contributed by atoms with Crippen LogP contribution in [0.5, 0.6) is 11.5 Å². The van der Waals surface area contributed by atoms with E-state index >= 15 is 0 Å². The predicted octanol–water partition coefficient (Wildman–Crippen LogP) is 2.37. The highest BCUT2D eigenvalue weighted by molar-refractivity contribution is 5.98. The first-order chi connectivity index (χ1) is 9.72. The first-order valence-electron chi connectivity index (χ1n) is 7.37. The number of ether oxygens (including phenoxy) is 2. The van der Waals surface area contributed by atoms with Crippen molar-refractivity contribution in [2.24, 2.45) is 5.92 Å². The van der Waals surface area contributed by atoms with Gasteiger partial charge in [0.25, 0.3) is 0 Å². The highest BCUT2D eigenvalue weighted by Gasteiger charge is 2.20. The number of carbonyl (C=O) groups is 1. The number of likely N-dealkylation sites (tertiary alicyclic amines) is 1. The Morgan fingerprint density at radius 2 is 2.10 bits per heavy atom. The van der Waals surface area contributed by atoms with Gasteiger partial charge >= 0.3 is 0 Å². The number of rotatable bonds is 3. The van der Waals surface area contributed by atoms with Crippen LogP contribution in [-0.4, -0.2) is 43.5 Å². The highest BCUT2D eigenvalue weighted by atomic mass is 16.6. The second kappa shape index (κ2) is 5.83. The van der Waals surface area contributed by atoms with Gasteiger partial charge in [0.05, 0.1) is 6.54 Å². The van der Waals surface area contributed by atoms with Gasteiger partial charge in [-0.2, -0.15) is 0 Å². The van der Waals surface area contributed by atoms with E-state index in [9.17, 15) is 4.79 Å². The molecule has 3 rings (SSSR count). The first kappa shape index (κ1) is 13.4. The Morgan fingerprint density at radius 1 is 1.30 bits per heavy atom. The smallest absolute Gasteiger partial charge is 0.176 e. The number of hydrogen-bond donors (Lipinski definition) is 0. The molecule has 1 aromatic carbocycles. The molecule has 108 valence electrons. The molecular weight excluding hydrogens is 254 g/mol. The number of piperidine rings is 1. The second-order valence-corrected chi connectivity index (χ2v) is 5.76. The lowest BCUT2D eigenvalue weighted by Crippen LogP contribution is -2.38. The molecule has 1 fully saturated rings. The van der Waals surface area contributed by atoms with Gasteiger partial charge < -0.3 is 9.47 Å². The second-order valence-electron chi connectivity index (χ2n) is 5.76. The van der Waals surface area contributed by atoms with Crippen molar-refractivity contribution < 1.29 is 14.3 Å². The summed E-state index contributed by atoms with van der Waals surface area (Å²) in [6.45, 7) is 5.93. The van der Waals surface area contributed by atoms with E-state index in [-0.39, 0.29) is 5.78 Å². The molecule has 2 aliphatic rings. The number of fused-ring (bicyclic) bond motifs is 1. The van der Waals surface area contributed by atoms with Crippen LogP contribution in [0.4, 0.5) is 0 Å². The maximum Gasteiger partial charge on any atom is 0.176 e. The third kappa shape index (κ3) is 2.96. The van der Waals surface area contributed by atoms with Crippen molar-refractivity contribution in [2.75, 3.05) is 32.8 Å². The van der Waals surface area contributed by atoms with Gasteiger partial charge in [-0.05, 0) is 43.5 Å². The Bertz CT molecular complexity index is 500. The molecule has 4 nitrogen and oxygen atoms in total. The van der Waals surface area contributed by atoms with E-state index in [1.54, 1.807) is 0 Å². The summed E-state index contributed by atoms with van der Waals surface area (Å²) in [7, 11) is 0. The third-order valence-corrected chi connectivity index (χ3v) is 3.97. The molecular formula is C16H21NO3. The van der Waals surface area contributed by atoms with E-state index < -0.39 is 0 Å². The Morgan fingerprint density at radius 3 is 2.90 bits per heavy atom. The van der Waals surface area contributed by atoms with Crippen LogP contribution in [0, 0.1) is 5.92 Å². The molecule has 2 heterocycles. The van der Waals surface area contributed by atoms with Gasteiger partial charge in [-0.15, -0.1) is 0 Å². The maximum absolute atomic E-state index is 12.4. The van der Waals surface area contributed by atoms with E-state index in [0.29, 0.717) is 37.0 Å². The van der Waals surface area contributed by atoms with Crippen LogP contribution in [0.1, 0.15) is 30.1 Å². The van der Waals surface area contributed by atoms with Crippen molar-refractivity contribution in [1.29, 1.82) is 0 Å². The largest absolute Gasteiger partial charge is 0.486 e. The Kier molecular flexibility index (Phi) is 3.92. The molecule has 1 unspecified atom stereocenters. The fourth-order valence-corrected chi connectivity index (χ4v) is 2.94. The van der Waals surface area contributed by atoms with Crippen molar-refractivity contribution in [1.82, 2.24) is 4.90 Å². The molecule has 4 heteroatoms. The van der Waals surface area contributed by atoms with Crippen molar-refractivity contribution >= 4 is 5.78 Å². The summed E-state index contributed by atoms with van der Waals surface area (Å²) in [5.74, 6) is 2.28. The van der Waals surface area contributed by atoms with E-state index in [1.165, 1.54) is 12.8 Å². The lowest BCUT2D eigenvalue weighted by molar-refractivity contribution is 0.0892. The van der Waals surface area contributed by atoms with Crippen LogP contribution in [0.3, 0.4) is 0 Å². The number of ketones is 1. The fourth-order valence-electron chi connectivity index (χ4n) is 2.94. The van der Waals surface area contributed by atoms with E-state index in [4.69, 9.17) is 9.47 Å². The van der Waals surface area contributed by atoms with Gasteiger partial charge in [0.15, 0.2) is 17.3 Å². The molecule has 0 bridgehead atoms. The van der Waals surface area contributed by atoms with E-state index in [0.717, 1.165) is 18.8 Å². The van der Waals surface area contributed by atoms with Gasteiger partial charge in [0.2, 0.25) is 0 Å². The predicted molar refractivity (Wildman–Crippen MR) is 76.6 cm³/mol. The van der Waals surface area contributed by atoms with Gasteiger partial charge in [-0.1, -0.05) is 6.92 Å². The fraction of sp³-hybridized carbons (Fsp3) is 0.562. The summed E-state index contributed by atoms with van der Waals surface area (Å²) >= 11 is 0. The molecule has 0 aromatic heterocycles. The number of Topliss-reactive ketones (excluding diaryl/α,β-unsaturated/α-hetero) is 1. The molecule has 0 N–H and O–H groups in total. The average molecular weight is 275 g/mol. The zero-order valence-electron chi connectivity index (χ0n) is 11.9. The molecule has 1 atom stereocenters. The molecule has 0 saturated carbocycles. The number of carbonyl (C=O) groups excluding carboxylic acids is 1. The zero-order chi connectivity index (χ0) is 13.9. The molecule has 0 aliphatic carbocycles. The summed E-state index contributed by atoms with van der Waals surface area (Å²) in [4.78, 5) is 14.6. The van der Waals surface area contributed by atoms with Gasteiger partial charge in [0, 0.05) is 12.1 Å². The number of benzene rings is 1. The van der Waals surface area contributed by atoms with Crippen molar-refractivity contribution in [3.63, 3.8) is 0 Å². The van der Waals surface area contributed by atoms with Crippen LogP contribution in [0.15, 0.2) is 18.2 Å². The molecule has 0 amide bonds. The van der Waals surface area contributed by atoms with Crippen LogP contribution < -0.4 is 9.47 Å². The molecule has 20 heavy (non-hydrogen) atoms. The van der Waals surface area contributed by atoms with Crippen molar-refractivity contribution in [3.8, 4) is 11.5 Å². The first-order valence-corrected chi connectivity index (χ1v) is 7.37. The minimum Gasteiger partial charge on any atom is -0.486 e. The molecule has 1 saturated heterocycles. The number of nitrogens with zero attached hydrogens (tertiary/aromatic N) is 1. The lowest BCUT2D eigenvalue weighted by atomic mass is 9.99. The molecule has 0 radical (unpaired) electrons. The van der Waals surface area contributed by atoms with Crippen LogP contribution in [0.25, 0.3) is 0 Å². The lowest BCUT2D eigenvalue weighted by Gasteiger charge is -2.30. The quantitative estimate of drug-likeness (QED) is 0.794. The highest BCUT2D eigenvalue weighted by Crippen LogP contribution is 2.31. The Balaban J connectivity index is 1.67. The SMILES string of the molecule is CC1CCCN(CC(=O)c2ccc3c(c2)OCCO3)C1. The van der Waals surface area contributed by atoms with E-state index in [2.05, 4.69) is 11.8 Å². The van der Waals surface area contributed by atoms with Crippen LogP contribution in [0.2, 0.25) is 0 Å². The summed E-state index contributed by atoms with van der Waals surface area (Å²) in [6, 6.07) is 5.48. The number of hydrogen-bond acceptors (Lipinski definition) is 4. The molecule has 2 aliphatic heterocycles. The van der Waals surface area contributed by atoms with Crippen molar-refractivity contribution in [3.05, 3.63) is 23.8 Å². The van der Waals surface area contributed by atoms with Crippen LogP contribution in [-0.2, 0) is 0 Å².